The van der Waals surface area contributed by atoms with Crippen LogP contribution in [0.2, 0.25) is 0 Å². The lowest BCUT2D eigenvalue weighted by molar-refractivity contribution is 0.191. The van der Waals surface area contributed by atoms with Crippen molar-refractivity contribution >= 4 is 22.9 Å². The highest BCUT2D eigenvalue weighted by Crippen LogP contribution is 2.29. The Morgan fingerprint density at radius 3 is 2.80 bits per heavy atom. The second-order valence-electron chi connectivity index (χ2n) is 5.49. The largest absolute Gasteiger partial charge is 0.391 e. The molecule has 0 radical (unpaired) electrons. The van der Waals surface area contributed by atoms with E-state index >= 15 is 0 Å². The van der Waals surface area contributed by atoms with Crippen molar-refractivity contribution in [1.29, 1.82) is 0 Å². The van der Waals surface area contributed by atoms with Crippen molar-refractivity contribution in [2.24, 2.45) is 5.73 Å². The van der Waals surface area contributed by atoms with Crippen LogP contribution in [0.25, 0.3) is 0 Å². The van der Waals surface area contributed by atoms with Crippen molar-refractivity contribution in [3.8, 4) is 0 Å². The highest BCUT2D eigenvalue weighted by molar-refractivity contribution is 7.80. The molecule has 1 fully saturated rings. The quantitative estimate of drug-likeness (QED) is 0.811. The van der Waals surface area contributed by atoms with E-state index in [-0.39, 0.29) is 16.8 Å². The number of thiocarbonyl (C=S) groups is 1. The van der Waals surface area contributed by atoms with Crippen LogP contribution in [0.4, 0.5) is 10.1 Å². The molecule has 20 heavy (non-hydrogen) atoms. The number of aliphatic hydroxyl groups excluding tert-OH is 1. The molecule has 6 heteroatoms. The standard InChI is InChI=1S/C14H20FN3OS/c1-17(2)7-10-6-11(19)8-18(10)13-4-3-9(14(16)20)5-12(13)15/h3-5,10-11,19H,6-8H2,1-2H3,(H2,16,20). The fourth-order valence-electron chi connectivity index (χ4n) is 2.67. The molecular weight excluding hydrogens is 277 g/mol. The van der Waals surface area contributed by atoms with Gasteiger partial charge in [0.2, 0.25) is 0 Å². The molecule has 0 saturated carbocycles. The lowest BCUT2D eigenvalue weighted by atomic mass is 10.1. The van der Waals surface area contributed by atoms with Gasteiger partial charge in [-0.15, -0.1) is 0 Å². The van der Waals surface area contributed by atoms with Gasteiger partial charge in [-0.1, -0.05) is 12.2 Å². The molecule has 1 aromatic rings. The third-order valence-electron chi connectivity index (χ3n) is 3.51. The van der Waals surface area contributed by atoms with Crippen molar-refractivity contribution in [3.63, 3.8) is 0 Å². The van der Waals surface area contributed by atoms with Crippen LogP contribution in [0.1, 0.15) is 12.0 Å². The van der Waals surface area contributed by atoms with Gasteiger partial charge in [-0.2, -0.15) is 0 Å². The van der Waals surface area contributed by atoms with E-state index in [2.05, 4.69) is 0 Å². The van der Waals surface area contributed by atoms with Gasteiger partial charge in [0, 0.05) is 24.7 Å². The zero-order chi connectivity index (χ0) is 14.9. The maximum atomic E-state index is 14.2. The van der Waals surface area contributed by atoms with Gasteiger partial charge in [-0.05, 0) is 38.7 Å². The summed E-state index contributed by atoms with van der Waals surface area (Å²) in [5, 5.41) is 9.85. The lowest BCUT2D eigenvalue weighted by Gasteiger charge is -2.29. The summed E-state index contributed by atoms with van der Waals surface area (Å²) < 4.78 is 14.2. The van der Waals surface area contributed by atoms with Gasteiger partial charge >= 0.3 is 0 Å². The predicted molar refractivity (Wildman–Crippen MR) is 82.6 cm³/mol. The minimum Gasteiger partial charge on any atom is -0.391 e. The molecular formula is C14H20FN3OS. The van der Waals surface area contributed by atoms with Crippen LogP contribution in [0.5, 0.6) is 0 Å². The molecule has 2 unspecified atom stereocenters. The lowest BCUT2D eigenvalue weighted by Crippen LogP contribution is -2.38. The molecule has 1 heterocycles. The minimum atomic E-state index is -0.422. The van der Waals surface area contributed by atoms with Gasteiger partial charge < -0.3 is 20.6 Å². The maximum absolute atomic E-state index is 14.2. The van der Waals surface area contributed by atoms with Gasteiger partial charge in [0.15, 0.2) is 0 Å². The van der Waals surface area contributed by atoms with Crippen molar-refractivity contribution in [2.45, 2.75) is 18.6 Å². The summed E-state index contributed by atoms with van der Waals surface area (Å²) in [6.07, 6.45) is 0.226. The van der Waals surface area contributed by atoms with Crippen LogP contribution >= 0.6 is 12.2 Å². The van der Waals surface area contributed by atoms with Crippen molar-refractivity contribution in [3.05, 3.63) is 29.6 Å². The summed E-state index contributed by atoms with van der Waals surface area (Å²) in [7, 11) is 3.93. The predicted octanol–water partition coefficient (Wildman–Crippen LogP) is 0.961. The number of halogens is 1. The summed E-state index contributed by atoms with van der Waals surface area (Å²) in [6.45, 7) is 1.22. The molecule has 0 amide bonds. The molecule has 4 nitrogen and oxygen atoms in total. The fourth-order valence-corrected chi connectivity index (χ4v) is 2.80. The number of anilines is 1. The molecule has 110 valence electrons. The SMILES string of the molecule is CN(C)CC1CC(O)CN1c1ccc(C(N)=S)cc1F. The number of nitrogens with two attached hydrogens (primary N) is 1. The second kappa shape index (κ2) is 6.03. The minimum absolute atomic E-state index is 0.102. The van der Waals surface area contributed by atoms with Crippen LogP contribution in [-0.2, 0) is 0 Å². The Kier molecular flexibility index (Phi) is 4.57. The van der Waals surface area contributed by atoms with Gasteiger partial charge in [-0.25, -0.2) is 4.39 Å². The van der Waals surface area contributed by atoms with E-state index < -0.39 is 6.10 Å². The van der Waals surface area contributed by atoms with Gasteiger partial charge in [0.25, 0.3) is 0 Å². The third-order valence-corrected chi connectivity index (χ3v) is 3.75. The number of β-amino-alcohol motifs (C(OH)–C–C–N with tert-alkyl or cyclic N) is 1. The van der Waals surface area contributed by atoms with Crippen molar-refractivity contribution < 1.29 is 9.50 Å². The third kappa shape index (κ3) is 3.26. The van der Waals surface area contributed by atoms with E-state index in [0.717, 1.165) is 6.54 Å². The number of benzene rings is 1. The second-order valence-corrected chi connectivity index (χ2v) is 5.93. The molecule has 2 rings (SSSR count). The molecule has 0 aromatic heterocycles. The first-order chi connectivity index (χ1) is 9.38. The van der Waals surface area contributed by atoms with Crippen LogP contribution in [-0.4, -0.2) is 54.3 Å². The molecule has 0 bridgehead atoms. The number of aliphatic hydroxyl groups is 1. The van der Waals surface area contributed by atoms with E-state index in [1.807, 2.05) is 23.9 Å². The van der Waals surface area contributed by atoms with E-state index in [1.54, 1.807) is 12.1 Å². The van der Waals surface area contributed by atoms with Crippen LogP contribution in [0.15, 0.2) is 18.2 Å². The smallest absolute Gasteiger partial charge is 0.147 e. The van der Waals surface area contributed by atoms with Gasteiger partial charge in [0.05, 0.1) is 11.8 Å². The van der Waals surface area contributed by atoms with E-state index in [9.17, 15) is 9.50 Å². The number of nitrogens with zero attached hydrogens (tertiary/aromatic N) is 2. The van der Waals surface area contributed by atoms with Gasteiger partial charge in [-0.3, -0.25) is 0 Å². The van der Waals surface area contributed by atoms with Gasteiger partial charge in [0.1, 0.15) is 10.8 Å². The molecule has 0 spiro atoms. The fraction of sp³-hybridized carbons (Fsp3) is 0.500. The Hall–Kier alpha value is -1.24. The zero-order valence-corrected chi connectivity index (χ0v) is 12.5. The van der Waals surface area contributed by atoms with Crippen LogP contribution in [0.3, 0.4) is 0 Å². The summed E-state index contributed by atoms with van der Waals surface area (Å²) >= 11 is 4.85. The summed E-state index contributed by atoms with van der Waals surface area (Å²) in [6, 6.07) is 4.86. The Bertz CT molecular complexity index is 509. The Morgan fingerprint density at radius 1 is 1.55 bits per heavy atom. The molecule has 1 aliphatic heterocycles. The average Bonchev–Trinajstić information content (AvgIpc) is 2.68. The number of rotatable bonds is 4. The molecule has 1 aromatic carbocycles. The molecule has 0 aliphatic carbocycles. The number of likely N-dealkylation sites (N-methyl/N-ethyl adjacent to an activating group) is 1. The molecule has 1 aliphatic rings. The highest BCUT2D eigenvalue weighted by atomic mass is 32.1. The van der Waals surface area contributed by atoms with Crippen LogP contribution < -0.4 is 10.6 Å². The summed E-state index contributed by atoms with van der Waals surface area (Å²) in [5.74, 6) is -0.354. The summed E-state index contributed by atoms with van der Waals surface area (Å²) in [4.78, 5) is 4.14. The Morgan fingerprint density at radius 2 is 2.25 bits per heavy atom. The first-order valence-corrected chi connectivity index (χ1v) is 6.98. The topological polar surface area (TPSA) is 52.7 Å². The zero-order valence-electron chi connectivity index (χ0n) is 11.7. The Balaban J connectivity index is 2.27. The average molecular weight is 297 g/mol. The molecule has 1 saturated heterocycles. The van der Waals surface area contributed by atoms with Crippen molar-refractivity contribution in [1.82, 2.24) is 4.90 Å². The van der Waals surface area contributed by atoms with Crippen molar-refractivity contribution in [2.75, 3.05) is 32.1 Å². The molecule has 2 atom stereocenters. The van der Waals surface area contributed by atoms with Crippen LogP contribution in [0, 0.1) is 5.82 Å². The first-order valence-electron chi connectivity index (χ1n) is 6.57. The monoisotopic (exact) mass is 297 g/mol. The van der Waals surface area contributed by atoms with E-state index in [1.165, 1.54) is 6.07 Å². The number of hydrogen-bond acceptors (Lipinski definition) is 4. The summed E-state index contributed by atoms with van der Waals surface area (Å²) in [5.41, 5.74) is 6.52. The maximum Gasteiger partial charge on any atom is 0.147 e. The van der Waals surface area contributed by atoms with E-state index in [0.29, 0.717) is 24.2 Å². The normalized spacial score (nSPS) is 22.6. The first kappa shape index (κ1) is 15.2. The number of hydrogen-bond donors (Lipinski definition) is 2. The highest BCUT2D eigenvalue weighted by Gasteiger charge is 2.32. The Labute approximate surface area is 124 Å². The van der Waals surface area contributed by atoms with E-state index in [4.69, 9.17) is 18.0 Å². The molecule has 3 N–H and O–H groups in total.